The van der Waals surface area contributed by atoms with Gasteiger partial charge in [0.2, 0.25) is 0 Å². The van der Waals surface area contributed by atoms with E-state index in [1.54, 1.807) is 5.56 Å². The Labute approximate surface area is 314 Å². The van der Waals surface area contributed by atoms with Crippen molar-refractivity contribution in [2.75, 3.05) is 0 Å². The summed E-state index contributed by atoms with van der Waals surface area (Å²) in [6, 6.07) is 32.6. The summed E-state index contributed by atoms with van der Waals surface area (Å²) in [5.74, 6) is 1.01. The number of benzene rings is 5. The first-order valence-corrected chi connectivity index (χ1v) is 19.8. The molecule has 11 rings (SSSR count). The van der Waals surface area contributed by atoms with Gasteiger partial charge in [0, 0.05) is 33.2 Å². The highest BCUT2D eigenvalue weighted by Gasteiger charge is 2.60. The van der Waals surface area contributed by atoms with Gasteiger partial charge in [-0.05, 0) is 108 Å². The van der Waals surface area contributed by atoms with Crippen LogP contribution in [0.1, 0.15) is 105 Å². The number of rotatable bonds is 1. The van der Waals surface area contributed by atoms with Crippen LogP contribution in [0.5, 0.6) is 0 Å². The Hall–Kier alpha value is -4.57. The van der Waals surface area contributed by atoms with Crippen molar-refractivity contribution in [3.63, 3.8) is 0 Å². The highest BCUT2D eigenvalue weighted by Crippen LogP contribution is 2.64. The maximum atomic E-state index is 5.39. The maximum absolute atomic E-state index is 5.39. The first-order chi connectivity index (χ1) is 24.9. The van der Waals surface area contributed by atoms with Gasteiger partial charge in [0.1, 0.15) is 5.82 Å². The molecule has 3 nitrogen and oxygen atoms in total. The van der Waals surface area contributed by atoms with Crippen LogP contribution in [0.25, 0.3) is 55.6 Å². The molecule has 0 atom stereocenters. The number of fused-ring (bicyclic) bond motifs is 10. The Morgan fingerprint density at radius 3 is 1.79 bits per heavy atom. The average Bonchev–Trinajstić information content (AvgIpc) is 3.72. The number of hydrogen-bond donors (Lipinski definition) is 0. The van der Waals surface area contributed by atoms with Gasteiger partial charge in [-0.25, -0.2) is 4.98 Å². The molecular weight excluding hydrogens is 641 g/mol. The zero-order valence-electron chi connectivity index (χ0n) is 33.5. The summed E-state index contributed by atoms with van der Waals surface area (Å²) >= 11 is 0. The second kappa shape index (κ2) is 9.03. The van der Waals surface area contributed by atoms with E-state index in [9.17, 15) is 0 Å². The van der Waals surface area contributed by atoms with Crippen molar-refractivity contribution in [1.82, 2.24) is 14.1 Å². The summed E-state index contributed by atoms with van der Waals surface area (Å²) in [4.78, 5) is 5.39. The van der Waals surface area contributed by atoms with Gasteiger partial charge in [0.15, 0.2) is 0 Å². The van der Waals surface area contributed by atoms with Crippen molar-refractivity contribution in [3.05, 3.63) is 107 Å². The van der Waals surface area contributed by atoms with E-state index < -0.39 is 0 Å². The summed E-state index contributed by atoms with van der Waals surface area (Å²) in [7, 11) is 0. The van der Waals surface area contributed by atoms with Crippen LogP contribution in [0, 0.1) is 10.8 Å². The predicted octanol–water partition coefficient (Wildman–Crippen LogP) is 10.1. The monoisotopic (exact) mass is 691 g/mol. The quantitative estimate of drug-likeness (QED) is 0.157. The third-order valence-electron chi connectivity index (χ3n) is 17.3. The third kappa shape index (κ3) is 3.18. The number of hydrogen-bond acceptors (Lipinski definition) is 1. The molecule has 2 aliphatic carbocycles. The molecule has 0 unspecified atom stereocenters. The van der Waals surface area contributed by atoms with E-state index in [1.165, 1.54) is 71.8 Å². The fourth-order valence-corrected chi connectivity index (χ4v) is 11.9. The van der Waals surface area contributed by atoms with Crippen LogP contribution in [0.2, 0.25) is 0 Å². The molecule has 2 aromatic heterocycles. The molecule has 2 aliphatic heterocycles. The number of nitrogens with zero attached hydrogens (tertiary/aromatic N) is 3. The van der Waals surface area contributed by atoms with E-state index in [2.05, 4.69) is 177 Å². The van der Waals surface area contributed by atoms with E-state index in [-0.39, 0.29) is 39.2 Å². The van der Waals surface area contributed by atoms with Crippen molar-refractivity contribution in [2.24, 2.45) is 10.8 Å². The Balaban J connectivity index is 1.38. The van der Waals surface area contributed by atoms with Gasteiger partial charge in [-0.1, -0.05) is 132 Å². The zero-order valence-corrected chi connectivity index (χ0v) is 33.5. The third-order valence-corrected chi connectivity index (χ3v) is 17.3. The molecule has 4 aliphatic rings. The Morgan fingerprint density at radius 2 is 1.09 bits per heavy atom. The second-order valence-corrected chi connectivity index (χ2v) is 20.1. The molecule has 0 bridgehead atoms. The number of imidazole rings is 1. The largest absolute Gasteiger partial charge is 0.310 e. The zero-order chi connectivity index (χ0) is 37.2. The van der Waals surface area contributed by atoms with Crippen LogP contribution >= 0.6 is 0 Å². The van der Waals surface area contributed by atoms with Crippen LogP contribution < -0.4 is 16.4 Å². The Kier molecular flexibility index (Phi) is 5.44. The Morgan fingerprint density at radius 1 is 0.509 bits per heavy atom. The van der Waals surface area contributed by atoms with E-state index >= 15 is 0 Å². The van der Waals surface area contributed by atoms with E-state index in [0.29, 0.717) is 0 Å². The molecule has 0 spiro atoms. The van der Waals surface area contributed by atoms with E-state index in [1.807, 2.05) is 0 Å². The van der Waals surface area contributed by atoms with Crippen molar-refractivity contribution < 1.29 is 0 Å². The molecule has 4 heteroatoms. The van der Waals surface area contributed by atoms with Gasteiger partial charge in [-0.15, -0.1) is 0 Å². The van der Waals surface area contributed by atoms with Gasteiger partial charge in [-0.3, -0.25) is 4.57 Å². The molecule has 0 radical (unpaired) electrons. The molecule has 0 saturated heterocycles. The van der Waals surface area contributed by atoms with Crippen LogP contribution in [-0.4, -0.2) is 20.8 Å². The van der Waals surface area contributed by atoms with Gasteiger partial charge in [0.05, 0.1) is 16.6 Å². The average molecular weight is 692 g/mol. The topological polar surface area (TPSA) is 22.8 Å². The lowest BCUT2D eigenvalue weighted by atomic mass is 9.33. The van der Waals surface area contributed by atoms with Crippen LogP contribution in [0.4, 0.5) is 0 Å². The van der Waals surface area contributed by atoms with E-state index in [0.717, 1.165) is 16.9 Å². The molecule has 5 aromatic carbocycles. The molecule has 0 N–H and O–H groups in total. The van der Waals surface area contributed by atoms with Crippen LogP contribution in [0.15, 0.2) is 84.9 Å². The minimum Gasteiger partial charge on any atom is -0.310 e. The van der Waals surface area contributed by atoms with E-state index in [4.69, 9.17) is 4.98 Å². The van der Waals surface area contributed by atoms with Gasteiger partial charge in [0.25, 0.3) is 6.71 Å². The fourth-order valence-electron chi connectivity index (χ4n) is 11.9. The predicted molar refractivity (Wildman–Crippen MR) is 225 cm³/mol. The molecule has 53 heavy (non-hydrogen) atoms. The van der Waals surface area contributed by atoms with Crippen LogP contribution in [0.3, 0.4) is 0 Å². The number of aromatic nitrogens is 3. The van der Waals surface area contributed by atoms with Crippen molar-refractivity contribution in [1.29, 1.82) is 0 Å². The van der Waals surface area contributed by atoms with Crippen molar-refractivity contribution in [2.45, 2.75) is 105 Å². The first-order valence-electron chi connectivity index (χ1n) is 19.8. The molecule has 4 heterocycles. The van der Waals surface area contributed by atoms with Crippen LogP contribution in [-0.2, 0) is 21.7 Å². The molecule has 264 valence electrons. The summed E-state index contributed by atoms with van der Waals surface area (Å²) < 4.78 is 5.18. The highest BCUT2D eigenvalue weighted by atomic mass is 15.1. The minimum absolute atomic E-state index is 0.00854. The van der Waals surface area contributed by atoms with Gasteiger partial charge >= 0.3 is 0 Å². The summed E-state index contributed by atoms with van der Waals surface area (Å²) in [5, 5.41) is 2.80. The Bertz CT molecular complexity index is 2830. The maximum Gasteiger partial charge on any atom is 0.252 e. The normalized spacial score (nSPS) is 20.9. The molecular formula is C49H50BN3. The number of para-hydroxylation sites is 1. The molecule has 0 amide bonds. The lowest BCUT2D eigenvalue weighted by Crippen LogP contribution is -2.61. The minimum atomic E-state index is -0.0698. The molecule has 7 aromatic rings. The second-order valence-electron chi connectivity index (χ2n) is 20.1. The van der Waals surface area contributed by atoms with Crippen molar-refractivity contribution in [3.8, 4) is 22.8 Å². The van der Waals surface area contributed by atoms with Crippen molar-refractivity contribution >= 4 is 55.9 Å². The highest BCUT2D eigenvalue weighted by molar-refractivity contribution is 7.00. The summed E-state index contributed by atoms with van der Waals surface area (Å²) in [6.07, 6.45) is 0. The first kappa shape index (κ1) is 31.9. The van der Waals surface area contributed by atoms with Gasteiger partial charge < -0.3 is 4.57 Å². The standard InChI is InChI=1S/C49H50BN3/c1-44(2)30-24-28-29-25-32-38(47(7,8)49(11,12)46(32,5)6)40-41(29)52(37(28)26-31(30)45(3,4)48(44,9)10)35-22-17-23-36-39(35)50(40)33-20-16-21-34-42(33)53(36)43(51-34)27-18-14-13-15-19-27/h13-26H,1-12H3. The smallest absolute Gasteiger partial charge is 0.252 e. The SMILES string of the molecule is CC1(C)c2cc3c4cc5c(c6c4n(c3cc2C(C)(C)C1(C)C)-c1cccc2c1B6c1cccc3nc(-c4ccccc4)n-2c13)C(C)(C)C(C)(C)C5(C)C. The lowest BCUT2D eigenvalue weighted by Gasteiger charge is -2.45. The molecule has 0 fully saturated rings. The van der Waals surface area contributed by atoms with Gasteiger partial charge in [-0.2, -0.15) is 0 Å². The summed E-state index contributed by atoms with van der Waals surface area (Å²) in [6.45, 7) is 30.1. The fraction of sp³-hybridized carbons (Fsp3) is 0.367. The molecule has 0 saturated carbocycles. The summed E-state index contributed by atoms with van der Waals surface area (Å²) in [5.41, 5.74) is 19.2. The lowest BCUT2D eigenvalue weighted by molar-refractivity contribution is 0.125.